The molecule has 0 bridgehead atoms. The number of halogens is 1. The summed E-state index contributed by atoms with van der Waals surface area (Å²) >= 11 is 1.93. The van der Waals surface area contributed by atoms with Gasteiger partial charge in [-0.1, -0.05) is 0 Å². The molecule has 0 amide bonds. The van der Waals surface area contributed by atoms with Gasteiger partial charge < -0.3 is 9.84 Å². The minimum Gasteiger partial charge on any atom is -0.505 e. The maximum absolute atomic E-state index is 9.01. The molecule has 0 saturated carbocycles. The monoisotopic (exact) mass is 251 g/mol. The van der Waals surface area contributed by atoms with Gasteiger partial charge in [0.15, 0.2) is 0 Å². The quantitative estimate of drug-likeness (QED) is 0.606. The molecule has 0 aliphatic carbocycles. The molecule has 0 atom stereocenters. The zero-order valence-electron chi connectivity index (χ0n) is 5.34. The molecule has 0 spiro atoms. The number of nitrogens with zero attached hydrogens (tertiary/aromatic N) is 1. The maximum atomic E-state index is 9.01. The summed E-state index contributed by atoms with van der Waals surface area (Å²) in [6.45, 7) is 0. The summed E-state index contributed by atoms with van der Waals surface area (Å²) < 4.78 is 5.38. The summed E-state index contributed by atoms with van der Waals surface area (Å²) in [4.78, 5) is 3.91. The van der Waals surface area contributed by atoms with E-state index in [0.717, 1.165) is 0 Å². The molecule has 3 nitrogen and oxygen atoms in total. The van der Waals surface area contributed by atoms with Crippen molar-refractivity contribution in [2.45, 2.75) is 0 Å². The van der Waals surface area contributed by atoms with Crippen molar-refractivity contribution < 1.29 is 9.84 Å². The Bertz CT molecular complexity index is 239. The molecule has 54 valence electrons. The molecule has 4 heteroatoms. The van der Waals surface area contributed by atoms with Crippen LogP contribution in [0.1, 0.15) is 0 Å². The molecule has 0 saturated heterocycles. The van der Waals surface area contributed by atoms with Gasteiger partial charge in [0.1, 0.15) is 9.45 Å². The number of aromatic nitrogens is 1. The van der Waals surface area contributed by atoms with Crippen molar-refractivity contribution in [3.05, 3.63) is 15.8 Å². The van der Waals surface area contributed by atoms with Crippen LogP contribution in [0.4, 0.5) is 0 Å². The van der Waals surface area contributed by atoms with Gasteiger partial charge in [0.2, 0.25) is 5.88 Å². The Labute approximate surface area is 72.2 Å². The third-order valence-corrected chi connectivity index (χ3v) is 1.81. The van der Waals surface area contributed by atoms with Crippen LogP contribution in [0.3, 0.4) is 0 Å². The number of hydrogen-bond acceptors (Lipinski definition) is 3. The minimum atomic E-state index is 0.182. The second kappa shape index (κ2) is 3.05. The first-order valence-electron chi connectivity index (χ1n) is 2.63. The van der Waals surface area contributed by atoms with Gasteiger partial charge in [0, 0.05) is 6.07 Å². The Kier molecular flexibility index (Phi) is 2.31. The number of ether oxygens (including phenoxy) is 1. The average Bonchev–Trinajstić information content (AvgIpc) is 1.95. The van der Waals surface area contributed by atoms with E-state index in [1.807, 2.05) is 22.6 Å². The van der Waals surface area contributed by atoms with Gasteiger partial charge in [-0.2, -0.15) is 0 Å². The molecule has 1 aromatic heterocycles. The van der Waals surface area contributed by atoms with Gasteiger partial charge in [-0.05, 0) is 28.7 Å². The number of aromatic hydroxyl groups is 1. The molecule has 10 heavy (non-hydrogen) atoms. The van der Waals surface area contributed by atoms with E-state index in [1.165, 1.54) is 7.11 Å². The highest BCUT2D eigenvalue weighted by Crippen LogP contribution is 2.19. The second-order valence-electron chi connectivity index (χ2n) is 1.66. The highest BCUT2D eigenvalue weighted by atomic mass is 127. The summed E-state index contributed by atoms with van der Waals surface area (Å²) in [5, 5.41) is 9.01. The summed E-state index contributed by atoms with van der Waals surface area (Å²) in [7, 11) is 1.54. The zero-order chi connectivity index (χ0) is 7.56. The largest absolute Gasteiger partial charge is 0.505 e. The third kappa shape index (κ3) is 1.50. The molecule has 0 aliphatic heterocycles. The number of hydrogen-bond donors (Lipinski definition) is 1. The molecule has 0 radical (unpaired) electrons. The molecule has 0 unspecified atom stereocenters. The van der Waals surface area contributed by atoms with Crippen molar-refractivity contribution in [2.24, 2.45) is 0 Å². The molecule has 0 aliphatic rings. The van der Waals surface area contributed by atoms with Crippen molar-refractivity contribution in [3.8, 4) is 11.6 Å². The van der Waals surface area contributed by atoms with Crippen LogP contribution in [0.15, 0.2) is 12.1 Å². The summed E-state index contributed by atoms with van der Waals surface area (Å²) in [6.07, 6.45) is 0. The maximum Gasteiger partial charge on any atom is 0.214 e. The lowest BCUT2D eigenvalue weighted by atomic mass is 10.4. The van der Waals surface area contributed by atoms with Crippen LogP contribution in [-0.2, 0) is 0 Å². The Morgan fingerprint density at radius 1 is 1.60 bits per heavy atom. The Morgan fingerprint density at radius 2 is 2.30 bits per heavy atom. The van der Waals surface area contributed by atoms with Gasteiger partial charge in [0.25, 0.3) is 0 Å². The summed E-state index contributed by atoms with van der Waals surface area (Å²) in [6, 6.07) is 3.16. The van der Waals surface area contributed by atoms with E-state index in [9.17, 15) is 0 Å². The normalized spacial score (nSPS) is 9.40. The lowest BCUT2D eigenvalue weighted by Gasteiger charge is -1.98. The molecular formula is C6H6INO2. The first-order chi connectivity index (χ1) is 4.74. The van der Waals surface area contributed by atoms with E-state index in [4.69, 9.17) is 9.84 Å². The molecule has 0 fully saturated rings. The Balaban J connectivity index is 3.04. The van der Waals surface area contributed by atoms with Crippen molar-refractivity contribution in [1.82, 2.24) is 4.98 Å². The fourth-order valence-electron chi connectivity index (χ4n) is 0.524. The zero-order valence-corrected chi connectivity index (χ0v) is 7.49. The van der Waals surface area contributed by atoms with Crippen LogP contribution >= 0.6 is 22.6 Å². The van der Waals surface area contributed by atoms with Crippen molar-refractivity contribution >= 4 is 22.6 Å². The first kappa shape index (κ1) is 7.59. The van der Waals surface area contributed by atoms with E-state index in [-0.39, 0.29) is 5.75 Å². The molecular weight excluding hydrogens is 245 g/mol. The molecule has 0 aromatic carbocycles. The third-order valence-electron chi connectivity index (χ3n) is 1.01. The number of rotatable bonds is 1. The minimum absolute atomic E-state index is 0.182. The summed E-state index contributed by atoms with van der Waals surface area (Å²) in [5.41, 5.74) is 0. The Morgan fingerprint density at radius 3 is 2.80 bits per heavy atom. The number of pyridine rings is 1. The van der Waals surface area contributed by atoms with Crippen LogP contribution in [0.2, 0.25) is 0 Å². The van der Waals surface area contributed by atoms with Crippen molar-refractivity contribution in [2.75, 3.05) is 7.11 Å². The lowest BCUT2D eigenvalue weighted by molar-refractivity contribution is 0.392. The van der Waals surface area contributed by atoms with Gasteiger partial charge in [-0.25, -0.2) is 4.98 Å². The lowest BCUT2D eigenvalue weighted by Crippen LogP contribution is -1.88. The SMILES string of the molecule is COc1ccc(O)c(I)n1. The van der Waals surface area contributed by atoms with E-state index >= 15 is 0 Å². The second-order valence-corrected chi connectivity index (χ2v) is 2.69. The smallest absolute Gasteiger partial charge is 0.214 e. The topological polar surface area (TPSA) is 42.4 Å². The van der Waals surface area contributed by atoms with Crippen LogP contribution in [0.25, 0.3) is 0 Å². The van der Waals surface area contributed by atoms with Crippen molar-refractivity contribution in [1.29, 1.82) is 0 Å². The van der Waals surface area contributed by atoms with Crippen LogP contribution in [0, 0.1) is 3.70 Å². The van der Waals surface area contributed by atoms with Crippen LogP contribution in [0.5, 0.6) is 11.6 Å². The van der Waals surface area contributed by atoms with E-state index < -0.39 is 0 Å². The molecule has 1 heterocycles. The van der Waals surface area contributed by atoms with E-state index in [2.05, 4.69) is 4.98 Å². The van der Waals surface area contributed by atoms with E-state index in [1.54, 1.807) is 12.1 Å². The molecule has 1 N–H and O–H groups in total. The highest BCUT2D eigenvalue weighted by Gasteiger charge is 1.98. The van der Waals surface area contributed by atoms with E-state index in [0.29, 0.717) is 9.58 Å². The standard InChI is InChI=1S/C6H6INO2/c1-10-5-3-2-4(9)6(7)8-5/h2-3,9H,1H3. The average molecular weight is 251 g/mol. The molecule has 1 aromatic rings. The predicted octanol–water partition coefficient (Wildman–Crippen LogP) is 1.40. The van der Waals surface area contributed by atoms with Crippen LogP contribution in [-0.4, -0.2) is 17.2 Å². The van der Waals surface area contributed by atoms with Crippen LogP contribution < -0.4 is 4.74 Å². The van der Waals surface area contributed by atoms with Crippen molar-refractivity contribution in [3.63, 3.8) is 0 Å². The van der Waals surface area contributed by atoms with Gasteiger partial charge in [0.05, 0.1) is 7.11 Å². The van der Waals surface area contributed by atoms with Gasteiger partial charge in [-0.3, -0.25) is 0 Å². The summed E-state index contributed by atoms with van der Waals surface area (Å²) in [5.74, 6) is 0.698. The molecule has 1 rings (SSSR count). The first-order valence-corrected chi connectivity index (χ1v) is 3.71. The highest BCUT2D eigenvalue weighted by molar-refractivity contribution is 14.1. The van der Waals surface area contributed by atoms with Gasteiger partial charge >= 0.3 is 0 Å². The number of methoxy groups -OCH3 is 1. The Hall–Kier alpha value is -0.520. The fourth-order valence-corrected chi connectivity index (χ4v) is 0.941. The fraction of sp³-hybridized carbons (Fsp3) is 0.167. The van der Waals surface area contributed by atoms with Gasteiger partial charge in [-0.15, -0.1) is 0 Å². The predicted molar refractivity (Wildman–Crippen MR) is 45.2 cm³/mol.